The second-order valence-corrected chi connectivity index (χ2v) is 17.8. The third-order valence-corrected chi connectivity index (χ3v) is 9.63. The molecule has 2 aromatic carbocycles. The third kappa shape index (κ3) is 19.5. The van der Waals surface area contributed by atoms with Crippen molar-refractivity contribution in [2.75, 3.05) is 58.1 Å². The SMILES string of the molecule is CC(C)c1cc(F)cc(C(C)C)c1NC(=O)NS(=O)(=O)CCCN(C)C.CC(C)c1cc(F)cc(C(C)C)c1OC#N.CN(C)CCCS(N)(=O)=O. The average Bonchev–Trinajstić information content (AvgIpc) is 2.97. The van der Waals surface area contributed by atoms with E-state index in [1.807, 2.05) is 98.1 Å². The van der Waals surface area contributed by atoms with Gasteiger partial charge in [-0.3, -0.25) is 0 Å². The van der Waals surface area contributed by atoms with Crippen molar-refractivity contribution in [2.45, 2.75) is 91.9 Å². The zero-order valence-corrected chi connectivity index (χ0v) is 34.4. The zero-order chi connectivity index (χ0) is 40.6. The summed E-state index contributed by atoms with van der Waals surface area (Å²) in [4.78, 5) is 16.0. The van der Waals surface area contributed by atoms with Gasteiger partial charge in [0.1, 0.15) is 17.4 Å². The van der Waals surface area contributed by atoms with E-state index in [0.29, 0.717) is 42.0 Å². The Morgan fingerprint density at radius 3 is 1.44 bits per heavy atom. The molecule has 0 aliphatic carbocycles. The van der Waals surface area contributed by atoms with Crippen molar-refractivity contribution in [2.24, 2.45) is 5.14 Å². The molecule has 0 radical (unpaired) electrons. The Balaban J connectivity index is 0.000000846. The maximum atomic E-state index is 13.9. The summed E-state index contributed by atoms with van der Waals surface area (Å²) in [5, 5.41) is 16.0. The minimum absolute atomic E-state index is 0.0322. The lowest BCUT2D eigenvalue weighted by atomic mass is 9.92. The van der Waals surface area contributed by atoms with E-state index >= 15 is 0 Å². The summed E-state index contributed by atoms with van der Waals surface area (Å²) in [5.74, 6) is -0.0360. The van der Waals surface area contributed by atoms with E-state index in [-0.39, 0.29) is 46.8 Å². The number of urea groups is 1. The number of ether oxygens (including phenoxy) is 1. The number of benzene rings is 2. The first-order chi connectivity index (χ1) is 23.8. The highest BCUT2D eigenvalue weighted by Crippen LogP contribution is 2.36. The fraction of sp³-hybridized carbons (Fsp3) is 0.611. The van der Waals surface area contributed by atoms with Gasteiger partial charge in [0.25, 0.3) is 6.26 Å². The molecule has 52 heavy (non-hydrogen) atoms. The van der Waals surface area contributed by atoms with Crippen molar-refractivity contribution in [3.05, 3.63) is 58.2 Å². The largest absolute Gasteiger partial charge is 0.387 e. The van der Waals surface area contributed by atoms with Gasteiger partial charge in [-0.1, -0.05) is 55.4 Å². The van der Waals surface area contributed by atoms with Crippen LogP contribution in [0.3, 0.4) is 0 Å². The van der Waals surface area contributed by atoms with E-state index < -0.39 is 26.1 Å². The van der Waals surface area contributed by atoms with Crippen LogP contribution in [-0.2, 0) is 20.0 Å². The molecule has 0 heterocycles. The van der Waals surface area contributed by atoms with E-state index in [1.165, 1.54) is 24.3 Å². The van der Waals surface area contributed by atoms with Crippen molar-refractivity contribution < 1.29 is 35.1 Å². The predicted octanol–water partition coefficient (Wildman–Crippen LogP) is 6.63. The maximum absolute atomic E-state index is 13.9. The van der Waals surface area contributed by atoms with Gasteiger partial charge in [-0.05, 0) is 113 Å². The Hall–Kier alpha value is -3.36. The highest BCUT2D eigenvalue weighted by molar-refractivity contribution is 7.90. The lowest BCUT2D eigenvalue weighted by Crippen LogP contribution is -2.37. The second kappa shape index (κ2) is 22.7. The molecule has 0 fully saturated rings. The molecule has 2 amide bonds. The molecule has 0 atom stereocenters. The minimum Gasteiger partial charge on any atom is -0.387 e. The van der Waals surface area contributed by atoms with E-state index in [0.717, 1.165) is 17.7 Å². The number of hydrogen-bond donors (Lipinski definition) is 3. The fourth-order valence-electron chi connectivity index (χ4n) is 4.85. The molecule has 2 aromatic rings. The van der Waals surface area contributed by atoms with Crippen LogP contribution < -0.4 is 19.9 Å². The molecule has 0 aliphatic heterocycles. The zero-order valence-electron chi connectivity index (χ0n) is 32.8. The van der Waals surface area contributed by atoms with Gasteiger partial charge in [0.2, 0.25) is 20.0 Å². The summed E-state index contributed by atoms with van der Waals surface area (Å²) in [7, 11) is 0.503. The number of carbonyl (C=O) groups excluding carboxylic acids is 1. The number of carbonyl (C=O) groups is 1. The minimum atomic E-state index is -3.73. The summed E-state index contributed by atoms with van der Waals surface area (Å²) in [6.07, 6.45) is 2.69. The van der Waals surface area contributed by atoms with Crippen molar-refractivity contribution in [1.82, 2.24) is 14.5 Å². The van der Waals surface area contributed by atoms with Crippen LogP contribution in [-0.4, -0.2) is 85.5 Å². The topological polar surface area (TPSA) is 175 Å². The molecule has 0 bridgehead atoms. The van der Waals surface area contributed by atoms with Crippen molar-refractivity contribution in [1.29, 1.82) is 5.26 Å². The van der Waals surface area contributed by atoms with Crippen LogP contribution in [0.25, 0.3) is 0 Å². The lowest BCUT2D eigenvalue weighted by molar-refractivity contribution is 0.256. The molecule has 0 spiro atoms. The molecule has 4 N–H and O–H groups in total. The van der Waals surface area contributed by atoms with Crippen molar-refractivity contribution in [3.8, 4) is 12.0 Å². The quantitative estimate of drug-likeness (QED) is 0.168. The summed E-state index contributed by atoms with van der Waals surface area (Å²) in [5.41, 5.74) is 3.22. The monoisotopic (exact) mass is 774 g/mol. The average molecular weight is 775 g/mol. The van der Waals surface area contributed by atoms with Gasteiger partial charge in [0.05, 0.1) is 11.5 Å². The normalized spacial score (nSPS) is 11.7. The van der Waals surface area contributed by atoms with Crippen LogP contribution in [0.4, 0.5) is 19.3 Å². The first-order valence-corrected chi connectivity index (χ1v) is 20.5. The van der Waals surface area contributed by atoms with Crippen LogP contribution in [0.5, 0.6) is 5.75 Å². The Labute approximate surface area is 311 Å². The Morgan fingerprint density at radius 1 is 0.750 bits per heavy atom. The molecule has 296 valence electrons. The number of primary sulfonamides is 1. The molecule has 2 rings (SSSR count). The van der Waals surface area contributed by atoms with Crippen LogP contribution >= 0.6 is 0 Å². The van der Waals surface area contributed by atoms with E-state index in [2.05, 4.69) is 5.32 Å². The van der Waals surface area contributed by atoms with Gasteiger partial charge < -0.3 is 19.9 Å². The molecular weight excluding hydrogens is 715 g/mol. The number of nitrogens with two attached hydrogens (primary N) is 1. The van der Waals surface area contributed by atoms with Crippen LogP contribution in [0.1, 0.15) is 114 Å². The van der Waals surface area contributed by atoms with Gasteiger partial charge in [0, 0.05) is 16.8 Å². The van der Waals surface area contributed by atoms with Gasteiger partial charge in [-0.25, -0.2) is 40.3 Å². The standard InChI is InChI=1S/C18H30FN3O3S.C13H16FNO.C5H14N2O2S/c1-12(2)15-10-14(19)11-16(13(3)4)17(15)20-18(23)21-26(24,25)9-7-8-22(5)6;1-8(2)11-5-10(14)6-12(9(3)4)13(11)16-7-15;1-7(2)4-3-5-10(6,8)9/h10-13H,7-9H2,1-6H3,(H2,20,21,23);5-6,8-9H,1-4H3;3-5H2,1-2H3,(H2,6,8,9). The fourth-order valence-corrected chi connectivity index (χ4v) is 6.32. The molecule has 0 aromatic heterocycles. The molecule has 12 nitrogen and oxygen atoms in total. The van der Waals surface area contributed by atoms with Gasteiger partial charge >= 0.3 is 6.03 Å². The highest BCUT2D eigenvalue weighted by atomic mass is 32.2. The molecule has 0 aliphatic rings. The van der Waals surface area contributed by atoms with Crippen LogP contribution in [0.2, 0.25) is 0 Å². The first-order valence-electron chi connectivity index (χ1n) is 17.2. The number of hydrogen-bond acceptors (Lipinski definition) is 9. The third-order valence-electron chi connectivity index (χ3n) is 7.45. The first kappa shape index (κ1) is 48.6. The van der Waals surface area contributed by atoms with Gasteiger partial charge in [-0.15, -0.1) is 5.26 Å². The second-order valence-electron chi connectivity index (χ2n) is 14.2. The molecule has 0 unspecified atom stereocenters. The van der Waals surface area contributed by atoms with Crippen LogP contribution in [0, 0.1) is 23.2 Å². The predicted molar refractivity (Wildman–Crippen MR) is 206 cm³/mol. The van der Waals surface area contributed by atoms with E-state index in [1.54, 1.807) is 6.26 Å². The Morgan fingerprint density at radius 2 is 1.12 bits per heavy atom. The Kier molecular flexibility index (Phi) is 21.2. The number of anilines is 1. The number of nitrogens with one attached hydrogen (secondary N) is 2. The van der Waals surface area contributed by atoms with Gasteiger partial charge in [0.15, 0.2) is 0 Å². The van der Waals surface area contributed by atoms with Crippen molar-refractivity contribution in [3.63, 3.8) is 0 Å². The van der Waals surface area contributed by atoms with Crippen LogP contribution in [0.15, 0.2) is 24.3 Å². The van der Waals surface area contributed by atoms with E-state index in [9.17, 15) is 30.4 Å². The summed E-state index contributed by atoms with van der Waals surface area (Å²) >= 11 is 0. The summed E-state index contributed by atoms with van der Waals surface area (Å²) in [6.45, 7) is 16.7. The summed E-state index contributed by atoms with van der Waals surface area (Å²) in [6, 6.07) is 4.78. The number of nitrogens with zero attached hydrogens (tertiary/aromatic N) is 3. The number of halogens is 2. The highest BCUT2D eigenvalue weighted by Gasteiger charge is 2.21. The van der Waals surface area contributed by atoms with E-state index in [4.69, 9.17) is 15.1 Å². The smallest absolute Gasteiger partial charge is 0.332 e. The Bertz CT molecular complexity index is 1630. The summed E-state index contributed by atoms with van der Waals surface area (Å²) < 4.78 is 79.2. The number of rotatable bonds is 15. The van der Waals surface area contributed by atoms with Crippen molar-refractivity contribution >= 4 is 31.8 Å². The number of nitriles is 1. The molecule has 0 saturated carbocycles. The molecule has 0 saturated heterocycles. The lowest BCUT2D eigenvalue weighted by Gasteiger charge is -2.20. The van der Waals surface area contributed by atoms with Gasteiger partial charge in [-0.2, -0.15) is 0 Å². The molecular formula is C36H60F2N6O6S2. The number of amides is 2. The maximum Gasteiger partial charge on any atom is 0.332 e. The number of sulfonamides is 2. The molecule has 16 heteroatoms.